The van der Waals surface area contributed by atoms with E-state index in [1.807, 2.05) is 48.5 Å². The summed E-state index contributed by atoms with van der Waals surface area (Å²) >= 11 is 29.8. The maximum Gasteiger partial charge on any atom is 0.340 e. The molecule has 0 spiro atoms. The van der Waals surface area contributed by atoms with Crippen molar-refractivity contribution in [1.82, 2.24) is 4.98 Å². The molecule has 2 aliphatic heterocycles. The molecule has 1 N–H and O–H groups in total. The standard InChI is InChI=1S/C40H20Cl4N4O3S2/c1-2-50-40(49)33-32(34(41)36(43)37(44)35(33)42)31-21-13-11-19(23(17-45)38-47-25-7-3-5-9-29(25)52-38)15-27(21)51-28-16-20(12-14-22(28)31)24(18-46)39-48-26-8-4-6-10-30(26)53-39/h3-16,47H,2H2,1H3/b24-20+,38-23-. The number of hydrogen-bond donors (Lipinski definition) is 1. The Morgan fingerprint density at radius 2 is 1.62 bits per heavy atom. The van der Waals surface area contributed by atoms with Gasteiger partial charge in [0, 0.05) is 26.8 Å². The molecule has 8 rings (SSSR count). The van der Waals surface area contributed by atoms with E-state index in [1.165, 1.54) is 23.1 Å². The molecule has 0 saturated heterocycles. The summed E-state index contributed by atoms with van der Waals surface area (Å²) in [5.41, 5.74) is 4.12. The minimum absolute atomic E-state index is 0.0195. The number of fused-ring (bicyclic) bond motifs is 4. The van der Waals surface area contributed by atoms with Crippen LogP contribution < -0.4 is 20.5 Å². The number of aromatic nitrogens is 1. The second kappa shape index (κ2) is 14.1. The number of hydrogen-bond acceptors (Lipinski definition) is 9. The van der Waals surface area contributed by atoms with E-state index in [2.05, 4.69) is 17.5 Å². The Kier molecular flexibility index (Phi) is 9.34. The molecule has 0 bridgehead atoms. The van der Waals surface area contributed by atoms with Gasteiger partial charge in [0.15, 0.2) is 0 Å². The summed E-state index contributed by atoms with van der Waals surface area (Å²) in [5, 5.41) is 26.2. The lowest BCUT2D eigenvalue weighted by molar-refractivity contribution is 0.0526. The van der Waals surface area contributed by atoms with E-state index in [9.17, 15) is 15.3 Å². The number of thioether (sulfide) groups is 1. The van der Waals surface area contributed by atoms with Gasteiger partial charge in [-0.2, -0.15) is 10.5 Å². The summed E-state index contributed by atoms with van der Waals surface area (Å²) < 4.78 is 13.0. The highest BCUT2D eigenvalue weighted by atomic mass is 35.5. The second-order valence-electron chi connectivity index (χ2n) is 11.6. The van der Waals surface area contributed by atoms with Crippen LogP contribution in [0.4, 0.5) is 5.69 Å². The zero-order chi connectivity index (χ0) is 37.0. The predicted octanol–water partition coefficient (Wildman–Crippen LogP) is 10.6. The van der Waals surface area contributed by atoms with E-state index in [0.717, 1.165) is 20.8 Å². The molecule has 2 aliphatic rings. The third-order valence-electron chi connectivity index (χ3n) is 8.60. The lowest BCUT2D eigenvalue weighted by Crippen LogP contribution is -2.22. The molecule has 0 saturated carbocycles. The second-order valence-corrected chi connectivity index (χ2v) is 15.2. The van der Waals surface area contributed by atoms with Crippen LogP contribution in [0.5, 0.6) is 11.5 Å². The van der Waals surface area contributed by atoms with Crippen LogP contribution in [-0.4, -0.2) is 17.6 Å². The first-order valence-electron chi connectivity index (χ1n) is 15.9. The fraction of sp³-hybridized carbons (Fsp3) is 0.0500. The van der Waals surface area contributed by atoms with Crippen LogP contribution >= 0.6 is 69.5 Å². The van der Waals surface area contributed by atoms with Gasteiger partial charge in [0.25, 0.3) is 0 Å². The van der Waals surface area contributed by atoms with Crippen LogP contribution in [0.3, 0.4) is 0 Å². The molecular formula is C40H20Cl4N4O3S2. The molecule has 0 radical (unpaired) electrons. The first-order valence-corrected chi connectivity index (χ1v) is 19.1. The predicted molar refractivity (Wildman–Crippen MR) is 212 cm³/mol. The average molecular weight is 811 g/mol. The number of benzene rings is 5. The molecule has 7 nitrogen and oxygen atoms in total. The van der Waals surface area contributed by atoms with Gasteiger partial charge in [0.1, 0.15) is 28.6 Å². The fourth-order valence-electron chi connectivity index (χ4n) is 6.22. The van der Waals surface area contributed by atoms with Crippen molar-refractivity contribution in [2.24, 2.45) is 0 Å². The van der Waals surface area contributed by atoms with Crippen LogP contribution in [0.2, 0.25) is 20.1 Å². The van der Waals surface area contributed by atoms with Gasteiger partial charge in [-0.25, -0.2) is 9.78 Å². The molecule has 6 aromatic rings. The maximum absolute atomic E-state index is 13.6. The Bertz CT molecular complexity index is 2780. The average Bonchev–Trinajstić information content (AvgIpc) is 3.79. The number of allylic oxidation sites excluding steroid dienone is 1. The van der Waals surface area contributed by atoms with Gasteiger partial charge < -0.3 is 14.8 Å². The highest BCUT2D eigenvalue weighted by Crippen LogP contribution is 2.49. The molecule has 0 aliphatic carbocycles. The number of thiazole rings is 1. The van der Waals surface area contributed by atoms with Gasteiger partial charge in [-0.3, -0.25) is 0 Å². The Labute approximate surface area is 330 Å². The van der Waals surface area contributed by atoms with Gasteiger partial charge in [-0.05, 0) is 66.2 Å². The zero-order valence-corrected chi connectivity index (χ0v) is 31.8. The minimum Gasteiger partial charge on any atom is -0.462 e. The first kappa shape index (κ1) is 35.1. The number of carbonyl (C=O) groups is 1. The number of nitriles is 2. The molecule has 0 unspecified atom stereocenters. The van der Waals surface area contributed by atoms with E-state index < -0.39 is 5.97 Å². The first-order chi connectivity index (χ1) is 25.7. The molecule has 3 heterocycles. The van der Waals surface area contributed by atoms with E-state index in [0.29, 0.717) is 59.8 Å². The normalized spacial score (nSPS) is 14.2. The molecule has 0 amide bonds. The molecule has 258 valence electrons. The van der Waals surface area contributed by atoms with Crippen LogP contribution in [0.25, 0.3) is 26.9 Å². The van der Waals surface area contributed by atoms with E-state index in [1.54, 1.807) is 43.3 Å². The number of ether oxygens (including phenoxy) is 2. The van der Waals surface area contributed by atoms with Crippen molar-refractivity contribution in [3.63, 3.8) is 0 Å². The molecule has 1 aromatic heterocycles. The van der Waals surface area contributed by atoms with Crippen molar-refractivity contribution in [3.8, 4) is 23.6 Å². The Morgan fingerprint density at radius 3 is 2.38 bits per heavy atom. The molecule has 0 atom stereocenters. The number of nitrogens with zero attached hydrogens (tertiary/aromatic N) is 3. The van der Waals surface area contributed by atoms with Crippen molar-refractivity contribution < 1.29 is 14.3 Å². The zero-order valence-electron chi connectivity index (χ0n) is 27.2. The van der Waals surface area contributed by atoms with Crippen molar-refractivity contribution in [1.29, 1.82) is 10.5 Å². The smallest absolute Gasteiger partial charge is 0.340 e. The highest BCUT2D eigenvalue weighted by Gasteiger charge is 2.32. The van der Waals surface area contributed by atoms with E-state index in [4.69, 9.17) is 60.9 Å². The molecule has 13 heteroatoms. The number of carbonyl (C=O) groups excluding carboxylic acids is 1. The number of nitrogens with one attached hydrogen (secondary N) is 1. The number of rotatable bonds is 5. The SMILES string of the molecule is CCOC(=O)c1c(Cl)c(Cl)c(Cl)c(Cl)c1C1=c2cc/c(=C(/C#N)c3nc4ccccc4s3)cc2Oc2cc(/C(C#N)=C3/Nc4ccccc4S3)ccc21. The number of para-hydroxylation sites is 2. The highest BCUT2D eigenvalue weighted by molar-refractivity contribution is 8.04. The topological polar surface area (TPSA) is 108 Å². The summed E-state index contributed by atoms with van der Waals surface area (Å²) in [7, 11) is 0. The van der Waals surface area contributed by atoms with E-state index in [-0.39, 0.29) is 37.8 Å². The van der Waals surface area contributed by atoms with Crippen molar-refractivity contribution in [3.05, 3.63) is 148 Å². The summed E-state index contributed by atoms with van der Waals surface area (Å²) in [6, 6.07) is 30.8. The van der Waals surface area contributed by atoms with Crippen molar-refractivity contribution >= 4 is 108 Å². The van der Waals surface area contributed by atoms with Crippen LogP contribution in [0.1, 0.15) is 39.0 Å². The monoisotopic (exact) mass is 808 g/mol. The Hall–Kier alpha value is -4.97. The number of halogens is 4. The summed E-state index contributed by atoms with van der Waals surface area (Å²) in [5.74, 6) is -0.0572. The number of esters is 1. The molecule has 53 heavy (non-hydrogen) atoms. The lowest BCUT2D eigenvalue weighted by atomic mass is 9.88. The fourth-order valence-corrected chi connectivity index (χ4v) is 9.25. The Morgan fingerprint density at radius 1 is 0.868 bits per heavy atom. The number of anilines is 1. The van der Waals surface area contributed by atoms with Crippen LogP contribution in [0.15, 0.2) is 94.9 Å². The third-order valence-corrected chi connectivity index (χ3v) is 12.5. The summed E-state index contributed by atoms with van der Waals surface area (Å²) in [4.78, 5) is 19.3. The summed E-state index contributed by atoms with van der Waals surface area (Å²) in [6.07, 6.45) is 0. The molecular weight excluding hydrogens is 790 g/mol. The maximum atomic E-state index is 13.6. The summed E-state index contributed by atoms with van der Waals surface area (Å²) in [6.45, 7) is 1.73. The largest absolute Gasteiger partial charge is 0.462 e. The van der Waals surface area contributed by atoms with Crippen LogP contribution in [0, 0.1) is 22.7 Å². The third kappa shape index (κ3) is 6.00. The van der Waals surface area contributed by atoms with E-state index >= 15 is 0 Å². The minimum atomic E-state index is -0.750. The van der Waals surface area contributed by atoms with Crippen molar-refractivity contribution in [2.45, 2.75) is 11.8 Å². The quantitative estimate of drug-likeness (QED) is 0.0793. The van der Waals surface area contributed by atoms with Gasteiger partial charge >= 0.3 is 5.97 Å². The molecule has 0 fully saturated rings. The lowest BCUT2D eigenvalue weighted by Gasteiger charge is -2.25. The van der Waals surface area contributed by atoms with Gasteiger partial charge in [0.2, 0.25) is 0 Å². The molecule has 5 aromatic carbocycles. The van der Waals surface area contributed by atoms with Crippen LogP contribution in [-0.2, 0) is 4.74 Å². The van der Waals surface area contributed by atoms with Crippen molar-refractivity contribution in [2.75, 3.05) is 11.9 Å². The van der Waals surface area contributed by atoms with Gasteiger partial charge in [-0.15, -0.1) is 11.3 Å². The van der Waals surface area contributed by atoms with Gasteiger partial charge in [0.05, 0.1) is 64.3 Å². The Balaban J connectivity index is 1.41. The van der Waals surface area contributed by atoms with Gasteiger partial charge in [-0.1, -0.05) is 94.6 Å².